The summed E-state index contributed by atoms with van der Waals surface area (Å²) in [5.74, 6) is -0.0960. The zero-order valence-electron chi connectivity index (χ0n) is 20.5. The molecule has 6 rings (SSSR count). The normalized spacial score (nSPS) is 13.0. The molecule has 3 heteroatoms. The quantitative estimate of drug-likeness (QED) is 0.143. The molecule has 166 valence electrons. The van der Waals surface area contributed by atoms with Crippen LogP contribution in [0.3, 0.4) is 0 Å². The topological polar surface area (TPSA) is 8.29 Å². The first kappa shape index (κ1) is 20.4. The van der Waals surface area contributed by atoms with Gasteiger partial charge in [0.15, 0.2) is 6.20 Å². The van der Waals surface area contributed by atoms with Crippen molar-refractivity contribution in [2.75, 3.05) is 0 Å². The van der Waals surface area contributed by atoms with Crippen molar-refractivity contribution in [3.05, 3.63) is 70.7 Å². The first-order chi connectivity index (χ1) is 15.6. The number of pyridine rings is 2. The van der Waals surface area contributed by atoms with Gasteiger partial charge in [0.2, 0.25) is 5.52 Å². The fourth-order valence-electron chi connectivity index (χ4n) is 6.01. The largest absolute Gasteiger partial charge is 0.307 e. The van der Waals surface area contributed by atoms with Crippen LogP contribution in [-0.2, 0) is 13.5 Å². The van der Waals surface area contributed by atoms with Crippen molar-refractivity contribution in [3.8, 4) is 0 Å². The van der Waals surface area contributed by atoms with E-state index in [-0.39, 0.29) is 11.2 Å². The minimum atomic E-state index is -0.0960. The van der Waals surface area contributed by atoms with E-state index in [9.17, 15) is 0 Å². The highest BCUT2D eigenvalue weighted by Crippen LogP contribution is 2.45. The van der Waals surface area contributed by atoms with Crippen LogP contribution in [0.4, 0.5) is 4.39 Å². The average Bonchev–Trinajstić information content (AvgIpc) is 3.11. The van der Waals surface area contributed by atoms with Crippen molar-refractivity contribution in [1.82, 2.24) is 4.40 Å². The van der Waals surface area contributed by atoms with E-state index in [0.717, 1.165) is 39.5 Å². The second-order valence-electron chi connectivity index (χ2n) is 11.0. The number of aryl methyl sites for hydroxylation is 3. The van der Waals surface area contributed by atoms with Gasteiger partial charge in [-0.1, -0.05) is 39.0 Å². The van der Waals surface area contributed by atoms with E-state index < -0.39 is 0 Å². The van der Waals surface area contributed by atoms with Gasteiger partial charge < -0.3 is 4.40 Å². The highest BCUT2D eigenvalue weighted by Gasteiger charge is 2.29. The van der Waals surface area contributed by atoms with E-state index in [1.165, 1.54) is 38.1 Å². The molecule has 0 saturated heterocycles. The Morgan fingerprint density at radius 3 is 2.33 bits per heavy atom. The standard InChI is InChI=1S/C30H30FN2/c1-16-17(2)26(31)18(3)27-23(16)28-25-19(12-13-32(28)7)14-20(15-30(4,5)6)24-21-10-8-9-11-22(21)33(27)29(24)25/h8-14H,15H2,1-7H3/q+1. The lowest BCUT2D eigenvalue weighted by molar-refractivity contribution is -0.643. The highest BCUT2D eigenvalue weighted by molar-refractivity contribution is 6.28. The van der Waals surface area contributed by atoms with E-state index in [2.05, 4.69) is 86.3 Å². The lowest BCUT2D eigenvalue weighted by Crippen LogP contribution is -2.29. The van der Waals surface area contributed by atoms with Crippen molar-refractivity contribution in [2.24, 2.45) is 12.5 Å². The smallest absolute Gasteiger partial charge is 0.224 e. The summed E-state index contributed by atoms with van der Waals surface area (Å²) in [5.41, 5.74) is 8.56. The predicted octanol–water partition coefficient (Wildman–Crippen LogP) is 7.47. The van der Waals surface area contributed by atoms with Crippen LogP contribution in [0.1, 0.15) is 43.0 Å². The van der Waals surface area contributed by atoms with Crippen LogP contribution in [0.15, 0.2) is 42.6 Å². The molecule has 6 aromatic rings. The number of fused-ring (bicyclic) bond motifs is 6. The summed E-state index contributed by atoms with van der Waals surface area (Å²) in [4.78, 5) is 0. The summed E-state index contributed by atoms with van der Waals surface area (Å²) in [6, 6.07) is 13.3. The molecule has 0 fully saturated rings. The minimum absolute atomic E-state index is 0.0960. The van der Waals surface area contributed by atoms with E-state index in [1.54, 1.807) is 0 Å². The summed E-state index contributed by atoms with van der Waals surface area (Å²) in [5, 5.41) is 6.23. The molecule has 0 aliphatic carbocycles. The Bertz CT molecular complexity index is 1760. The molecule has 0 bridgehead atoms. The molecule has 0 aliphatic rings. The predicted molar refractivity (Wildman–Crippen MR) is 137 cm³/mol. The van der Waals surface area contributed by atoms with E-state index in [1.807, 2.05) is 13.8 Å². The molecule has 0 spiro atoms. The fourth-order valence-corrected chi connectivity index (χ4v) is 6.01. The van der Waals surface area contributed by atoms with Gasteiger partial charge in [-0.15, -0.1) is 0 Å². The first-order valence-corrected chi connectivity index (χ1v) is 11.8. The van der Waals surface area contributed by atoms with Crippen LogP contribution in [0, 0.1) is 32.0 Å². The summed E-state index contributed by atoms with van der Waals surface area (Å²) >= 11 is 0. The molecular formula is C30H30FN2+. The van der Waals surface area contributed by atoms with Crippen molar-refractivity contribution < 1.29 is 8.96 Å². The molecule has 0 amide bonds. The minimum Gasteiger partial charge on any atom is -0.307 e. The molecule has 3 aromatic heterocycles. The second kappa shape index (κ2) is 6.44. The zero-order valence-corrected chi connectivity index (χ0v) is 20.5. The van der Waals surface area contributed by atoms with Crippen molar-refractivity contribution in [3.63, 3.8) is 0 Å². The summed E-state index contributed by atoms with van der Waals surface area (Å²) < 4.78 is 20.1. The molecule has 0 N–H and O–H groups in total. The molecule has 2 nitrogen and oxygen atoms in total. The van der Waals surface area contributed by atoms with Gasteiger partial charge in [-0.2, -0.15) is 0 Å². The van der Waals surface area contributed by atoms with Crippen LogP contribution in [-0.4, -0.2) is 4.40 Å². The Kier molecular flexibility index (Phi) is 3.98. The SMILES string of the molecule is Cc1c(F)c(C)c2c(c1C)c1c3c(cc[n+]1C)cc(CC(C)(C)C)c1c4ccccc4n2c13. The van der Waals surface area contributed by atoms with Gasteiger partial charge in [-0.25, -0.2) is 8.96 Å². The Morgan fingerprint density at radius 2 is 1.61 bits per heavy atom. The lowest BCUT2D eigenvalue weighted by Gasteiger charge is -2.21. The van der Waals surface area contributed by atoms with Crippen molar-refractivity contribution >= 4 is 49.0 Å². The third-order valence-electron chi connectivity index (χ3n) is 7.49. The Morgan fingerprint density at radius 1 is 0.879 bits per heavy atom. The number of nitrogens with zero attached hydrogens (tertiary/aromatic N) is 2. The lowest BCUT2D eigenvalue weighted by atomic mass is 9.85. The fraction of sp³-hybridized carbons (Fsp3) is 0.300. The van der Waals surface area contributed by atoms with Gasteiger partial charge in [0.05, 0.1) is 27.3 Å². The maximum absolute atomic E-state index is 15.5. The Hall–Kier alpha value is -3.20. The van der Waals surface area contributed by atoms with Crippen molar-refractivity contribution in [2.45, 2.75) is 48.0 Å². The number of benzene rings is 3. The molecule has 3 heterocycles. The Labute approximate surface area is 193 Å². The van der Waals surface area contributed by atoms with E-state index in [0.29, 0.717) is 0 Å². The molecular weight excluding hydrogens is 407 g/mol. The number of halogens is 1. The molecule has 0 saturated carbocycles. The Balaban J connectivity index is 2.07. The third kappa shape index (κ3) is 2.57. The summed E-state index contributed by atoms with van der Waals surface area (Å²) in [6.07, 6.45) is 3.14. The van der Waals surface area contributed by atoms with Gasteiger partial charge in [0.1, 0.15) is 12.9 Å². The molecule has 3 aromatic carbocycles. The molecule has 0 atom stereocenters. The number of aromatic nitrogens is 2. The number of para-hydroxylation sites is 1. The van der Waals surface area contributed by atoms with Gasteiger partial charge in [0.25, 0.3) is 0 Å². The number of hydrogen-bond acceptors (Lipinski definition) is 0. The van der Waals surface area contributed by atoms with Gasteiger partial charge >= 0.3 is 0 Å². The van der Waals surface area contributed by atoms with Crippen LogP contribution >= 0.6 is 0 Å². The van der Waals surface area contributed by atoms with Gasteiger partial charge in [0, 0.05) is 22.4 Å². The maximum Gasteiger partial charge on any atom is 0.224 e. The molecule has 0 unspecified atom stereocenters. The van der Waals surface area contributed by atoms with Crippen LogP contribution in [0.25, 0.3) is 49.0 Å². The molecule has 33 heavy (non-hydrogen) atoms. The first-order valence-electron chi connectivity index (χ1n) is 11.8. The van der Waals surface area contributed by atoms with Crippen LogP contribution in [0.2, 0.25) is 0 Å². The van der Waals surface area contributed by atoms with Crippen LogP contribution < -0.4 is 4.57 Å². The zero-order chi connectivity index (χ0) is 23.4. The van der Waals surface area contributed by atoms with Gasteiger partial charge in [-0.05, 0) is 66.8 Å². The number of rotatable bonds is 1. The van der Waals surface area contributed by atoms with E-state index >= 15 is 4.39 Å². The van der Waals surface area contributed by atoms with Crippen LogP contribution in [0.5, 0.6) is 0 Å². The summed E-state index contributed by atoms with van der Waals surface area (Å²) in [7, 11) is 2.11. The maximum atomic E-state index is 15.5. The highest BCUT2D eigenvalue weighted by atomic mass is 19.1. The molecule has 0 aliphatic heterocycles. The van der Waals surface area contributed by atoms with E-state index in [4.69, 9.17) is 0 Å². The van der Waals surface area contributed by atoms with Gasteiger partial charge in [-0.3, -0.25) is 0 Å². The third-order valence-corrected chi connectivity index (χ3v) is 7.49. The van der Waals surface area contributed by atoms with Crippen molar-refractivity contribution in [1.29, 1.82) is 0 Å². The summed E-state index contributed by atoms with van der Waals surface area (Å²) in [6.45, 7) is 12.8. The monoisotopic (exact) mass is 437 g/mol. The second-order valence-corrected chi connectivity index (χ2v) is 11.0. The average molecular weight is 438 g/mol. The molecule has 0 radical (unpaired) electrons. The number of hydrogen-bond donors (Lipinski definition) is 0.